The molecule has 0 radical (unpaired) electrons. The highest BCUT2D eigenvalue weighted by atomic mass is 35.5. The molecule has 1 saturated heterocycles. The highest BCUT2D eigenvalue weighted by Gasteiger charge is 2.44. The molecule has 10 heteroatoms. The van der Waals surface area contributed by atoms with Gasteiger partial charge in [-0.15, -0.1) is 10.2 Å². The van der Waals surface area contributed by atoms with E-state index >= 15 is 0 Å². The van der Waals surface area contributed by atoms with E-state index in [9.17, 15) is 18.0 Å². The fourth-order valence-electron chi connectivity index (χ4n) is 4.65. The predicted molar refractivity (Wildman–Crippen MR) is 117 cm³/mol. The van der Waals surface area contributed by atoms with Crippen LogP contribution < -0.4 is 4.90 Å². The average Bonchev–Trinajstić information content (AvgIpc) is 3.14. The molecule has 0 bridgehead atoms. The molecule has 1 fully saturated rings. The fraction of sp³-hybridized carbons (Fsp3) is 0.348. The summed E-state index contributed by atoms with van der Waals surface area (Å²) in [5.74, 6) is -0.779. The van der Waals surface area contributed by atoms with Gasteiger partial charge in [-0.05, 0) is 48.7 Å². The fourth-order valence-corrected chi connectivity index (χ4v) is 4.84. The molecule has 3 heterocycles. The first-order chi connectivity index (χ1) is 15.8. The Balaban J connectivity index is 1.47. The lowest BCUT2D eigenvalue weighted by Crippen LogP contribution is -2.40. The van der Waals surface area contributed by atoms with Crippen LogP contribution in [0.4, 0.5) is 18.9 Å². The second-order valence-corrected chi connectivity index (χ2v) is 8.78. The first-order valence-corrected chi connectivity index (χ1v) is 11.1. The third kappa shape index (κ3) is 4.17. The van der Waals surface area contributed by atoms with Crippen LogP contribution in [0.15, 0.2) is 48.5 Å². The molecule has 3 aromatic rings. The van der Waals surface area contributed by atoms with Gasteiger partial charge < -0.3 is 9.80 Å². The van der Waals surface area contributed by atoms with E-state index in [1.54, 1.807) is 18.2 Å². The van der Waals surface area contributed by atoms with Gasteiger partial charge in [0.1, 0.15) is 5.82 Å². The van der Waals surface area contributed by atoms with Crippen molar-refractivity contribution in [2.24, 2.45) is 0 Å². The largest absolute Gasteiger partial charge is 0.471 e. The summed E-state index contributed by atoms with van der Waals surface area (Å²) in [6.07, 6.45) is -3.30. The van der Waals surface area contributed by atoms with Gasteiger partial charge in [-0.1, -0.05) is 29.8 Å². The van der Waals surface area contributed by atoms with E-state index < -0.39 is 12.1 Å². The number of para-hydroxylation sites is 1. The lowest BCUT2D eigenvalue weighted by atomic mass is 9.95. The number of rotatable bonds is 2. The van der Waals surface area contributed by atoms with E-state index in [4.69, 9.17) is 11.6 Å². The Hall–Kier alpha value is -3.07. The van der Waals surface area contributed by atoms with Crippen molar-refractivity contribution in [3.05, 3.63) is 70.8 Å². The number of piperidine rings is 1. The quantitative estimate of drug-likeness (QED) is 0.538. The predicted octanol–water partition coefficient (Wildman–Crippen LogP) is 4.71. The van der Waals surface area contributed by atoms with E-state index in [2.05, 4.69) is 27.2 Å². The van der Waals surface area contributed by atoms with Gasteiger partial charge in [-0.2, -0.15) is 13.2 Å². The molecule has 172 valence electrons. The number of benzene rings is 2. The topological polar surface area (TPSA) is 54.3 Å². The number of nitrogens with zero attached hydrogens (tertiary/aromatic N) is 5. The van der Waals surface area contributed by atoms with Crippen molar-refractivity contribution in [3.63, 3.8) is 0 Å². The summed E-state index contributed by atoms with van der Waals surface area (Å²) in [5.41, 5.74) is 2.36. The molecule has 2 aliphatic rings. The van der Waals surface area contributed by atoms with E-state index in [1.165, 1.54) is 0 Å². The molecule has 0 N–H and O–H groups in total. The molecule has 1 amide bonds. The first kappa shape index (κ1) is 21.8. The summed E-state index contributed by atoms with van der Waals surface area (Å²) < 4.78 is 41.4. The van der Waals surface area contributed by atoms with Crippen LogP contribution in [0.3, 0.4) is 0 Å². The molecule has 0 spiro atoms. The maximum absolute atomic E-state index is 13.2. The minimum Gasteiger partial charge on any atom is -0.371 e. The SMILES string of the molecule is O=C(N1Cc2cc(Cl)ccc2-n2c(nnc2C2CCN(c3ccccc3)CC2)C1)C(F)(F)F. The van der Waals surface area contributed by atoms with Crippen LogP contribution in [-0.2, 0) is 17.9 Å². The number of hydrogen-bond donors (Lipinski definition) is 0. The zero-order valence-electron chi connectivity index (χ0n) is 17.6. The minimum atomic E-state index is -4.97. The van der Waals surface area contributed by atoms with Gasteiger partial charge in [0, 0.05) is 36.3 Å². The summed E-state index contributed by atoms with van der Waals surface area (Å²) in [6.45, 7) is 1.19. The normalized spacial score (nSPS) is 16.8. The van der Waals surface area contributed by atoms with Crippen molar-refractivity contribution in [1.82, 2.24) is 19.7 Å². The Bertz CT molecular complexity index is 1170. The van der Waals surface area contributed by atoms with Crippen LogP contribution in [0.25, 0.3) is 5.69 Å². The Morgan fingerprint density at radius 1 is 1.00 bits per heavy atom. The highest BCUT2D eigenvalue weighted by Crippen LogP contribution is 2.35. The lowest BCUT2D eigenvalue weighted by Gasteiger charge is -2.33. The highest BCUT2D eigenvalue weighted by molar-refractivity contribution is 6.30. The molecule has 5 rings (SSSR count). The molecular weight excluding hydrogens is 455 g/mol. The van der Waals surface area contributed by atoms with Gasteiger partial charge in [0.15, 0.2) is 5.82 Å². The van der Waals surface area contributed by atoms with Crippen LogP contribution in [0.2, 0.25) is 5.02 Å². The maximum Gasteiger partial charge on any atom is 0.471 e. The summed E-state index contributed by atoms with van der Waals surface area (Å²) >= 11 is 6.14. The summed E-state index contributed by atoms with van der Waals surface area (Å²) in [4.78, 5) is 15.1. The van der Waals surface area contributed by atoms with Gasteiger partial charge in [0.05, 0.1) is 12.2 Å². The molecule has 0 unspecified atom stereocenters. The Labute approximate surface area is 193 Å². The number of fused-ring (bicyclic) bond motifs is 3. The monoisotopic (exact) mass is 475 g/mol. The Morgan fingerprint density at radius 3 is 2.42 bits per heavy atom. The zero-order valence-corrected chi connectivity index (χ0v) is 18.4. The number of carbonyl (C=O) groups is 1. The number of aromatic nitrogens is 3. The second-order valence-electron chi connectivity index (χ2n) is 8.34. The van der Waals surface area contributed by atoms with E-state index in [0.29, 0.717) is 27.9 Å². The molecule has 1 aromatic heterocycles. The molecule has 0 atom stereocenters. The van der Waals surface area contributed by atoms with Crippen LogP contribution in [0, 0.1) is 0 Å². The number of anilines is 1. The summed E-state index contributed by atoms with van der Waals surface area (Å²) in [7, 11) is 0. The second kappa shape index (κ2) is 8.37. The third-order valence-corrected chi connectivity index (χ3v) is 6.48. The molecule has 2 aromatic carbocycles. The Kier molecular flexibility index (Phi) is 5.52. The van der Waals surface area contributed by atoms with E-state index in [-0.39, 0.29) is 19.0 Å². The summed E-state index contributed by atoms with van der Waals surface area (Å²) in [6, 6.07) is 15.2. The molecular formula is C23H21ClF3N5O. The number of carbonyl (C=O) groups excluding carboxylic acids is 1. The smallest absolute Gasteiger partial charge is 0.371 e. The molecule has 0 saturated carbocycles. The van der Waals surface area contributed by atoms with Gasteiger partial charge >= 0.3 is 12.1 Å². The van der Waals surface area contributed by atoms with Crippen molar-refractivity contribution in [2.45, 2.75) is 38.0 Å². The van der Waals surface area contributed by atoms with Gasteiger partial charge in [-0.3, -0.25) is 9.36 Å². The molecule has 33 heavy (non-hydrogen) atoms. The number of alkyl halides is 3. The van der Waals surface area contributed by atoms with E-state index in [1.807, 2.05) is 22.8 Å². The molecule has 2 aliphatic heterocycles. The van der Waals surface area contributed by atoms with Crippen molar-refractivity contribution in [1.29, 1.82) is 0 Å². The lowest BCUT2D eigenvalue weighted by molar-refractivity contribution is -0.186. The molecule has 0 aliphatic carbocycles. The zero-order chi connectivity index (χ0) is 23.2. The summed E-state index contributed by atoms with van der Waals surface area (Å²) in [5, 5.41) is 8.98. The Morgan fingerprint density at radius 2 is 1.73 bits per heavy atom. The number of halogens is 4. The third-order valence-electron chi connectivity index (χ3n) is 6.24. The number of hydrogen-bond acceptors (Lipinski definition) is 4. The van der Waals surface area contributed by atoms with Crippen LogP contribution >= 0.6 is 11.6 Å². The van der Waals surface area contributed by atoms with Crippen molar-refractivity contribution in [3.8, 4) is 5.69 Å². The van der Waals surface area contributed by atoms with Crippen LogP contribution in [0.5, 0.6) is 0 Å². The first-order valence-electron chi connectivity index (χ1n) is 10.7. The van der Waals surface area contributed by atoms with Gasteiger partial charge in [0.25, 0.3) is 0 Å². The van der Waals surface area contributed by atoms with E-state index in [0.717, 1.165) is 36.5 Å². The number of amides is 1. The minimum absolute atomic E-state index is 0.0969. The van der Waals surface area contributed by atoms with Crippen molar-refractivity contribution in [2.75, 3.05) is 18.0 Å². The standard InChI is InChI=1S/C23H21ClF3N5O/c24-17-6-7-19-16(12-17)13-31(22(33)23(25,26)27)14-20-28-29-21(32(19)20)15-8-10-30(11-9-15)18-4-2-1-3-5-18/h1-7,12,15H,8-11,13-14H2. The average molecular weight is 476 g/mol. The van der Waals surface area contributed by atoms with Crippen LogP contribution in [0.1, 0.15) is 36.0 Å². The van der Waals surface area contributed by atoms with Crippen molar-refractivity contribution >= 4 is 23.2 Å². The van der Waals surface area contributed by atoms with Crippen molar-refractivity contribution < 1.29 is 18.0 Å². The van der Waals surface area contributed by atoms with Gasteiger partial charge in [0.2, 0.25) is 0 Å². The van der Waals surface area contributed by atoms with Crippen LogP contribution in [-0.4, -0.2) is 44.8 Å². The van der Waals surface area contributed by atoms with Gasteiger partial charge in [-0.25, -0.2) is 0 Å². The molecule has 6 nitrogen and oxygen atoms in total. The maximum atomic E-state index is 13.2.